The second-order valence-electron chi connectivity index (χ2n) is 8.59. The molecule has 4 heterocycles. The van der Waals surface area contributed by atoms with E-state index in [0.717, 1.165) is 12.8 Å². The minimum absolute atomic E-state index is 0.0306. The minimum atomic E-state index is -0.965. The summed E-state index contributed by atoms with van der Waals surface area (Å²) in [6, 6.07) is 4.93. The minimum Gasteiger partial charge on any atom is -0.507 e. The van der Waals surface area contributed by atoms with Crippen LogP contribution in [0, 0.1) is 0 Å². The van der Waals surface area contributed by atoms with Crippen LogP contribution in [-0.4, -0.2) is 68.2 Å². The van der Waals surface area contributed by atoms with Crippen LogP contribution in [0.2, 0.25) is 0 Å². The smallest absolute Gasteiger partial charge is 0.319 e. The van der Waals surface area contributed by atoms with Crippen LogP contribution in [0.1, 0.15) is 26.2 Å². The van der Waals surface area contributed by atoms with Crippen LogP contribution in [0.5, 0.6) is 11.8 Å². The summed E-state index contributed by atoms with van der Waals surface area (Å²) in [5.41, 5.74) is 1.12. The van der Waals surface area contributed by atoms with E-state index >= 15 is 4.39 Å². The highest BCUT2D eigenvalue weighted by molar-refractivity contribution is 7.18. The number of hydrogen-bond acceptors (Lipinski definition) is 10. The zero-order valence-corrected chi connectivity index (χ0v) is 18.8. The van der Waals surface area contributed by atoms with Crippen molar-refractivity contribution in [1.29, 1.82) is 0 Å². The average molecular weight is 458 g/mol. The van der Waals surface area contributed by atoms with Crippen molar-refractivity contribution in [3.05, 3.63) is 24.5 Å². The Balaban J connectivity index is 1.38. The molecule has 0 amide bonds. The number of halogens is 1. The van der Waals surface area contributed by atoms with Crippen molar-refractivity contribution in [2.24, 2.45) is 0 Å². The van der Waals surface area contributed by atoms with Gasteiger partial charge in [-0.05, 0) is 38.3 Å². The number of nitrogens with zero attached hydrogens (tertiary/aromatic N) is 6. The molecular formula is C21H24FN7O2S. The van der Waals surface area contributed by atoms with Crippen molar-refractivity contribution < 1.29 is 14.2 Å². The average Bonchev–Trinajstić information content (AvgIpc) is 3.41. The van der Waals surface area contributed by atoms with Crippen LogP contribution in [0.4, 0.5) is 9.52 Å². The van der Waals surface area contributed by atoms with Gasteiger partial charge in [0.25, 0.3) is 0 Å². The molecule has 168 valence electrons. The molecule has 2 aliphatic rings. The maximum absolute atomic E-state index is 15.1. The fourth-order valence-corrected chi connectivity index (χ4v) is 5.54. The summed E-state index contributed by atoms with van der Waals surface area (Å²) in [6.07, 6.45) is 2.94. The third kappa shape index (κ3) is 3.65. The van der Waals surface area contributed by atoms with E-state index in [-0.39, 0.29) is 29.4 Å². The number of aromatic hydroxyl groups is 1. The van der Waals surface area contributed by atoms with E-state index in [1.807, 2.05) is 11.9 Å². The molecule has 1 unspecified atom stereocenters. The summed E-state index contributed by atoms with van der Waals surface area (Å²) < 4.78 is 20.1. The van der Waals surface area contributed by atoms with Crippen molar-refractivity contribution in [3.63, 3.8) is 0 Å². The van der Waals surface area contributed by atoms with E-state index in [1.165, 1.54) is 24.8 Å². The van der Waals surface area contributed by atoms with Gasteiger partial charge < -0.3 is 20.1 Å². The Labute approximate surface area is 188 Å². The number of benzene rings is 1. The van der Waals surface area contributed by atoms with Crippen LogP contribution in [0.25, 0.3) is 22.0 Å². The molecule has 3 aromatic rings. The molecule has 5 rings (SSSR count). The summed E-state index contributed by atoms with van der Waals surface area (Å²) in [5.74, 6) is 0.419. The van der Waals surface area contributed by atoms with Gasteiger partial charge in [-0.25, -0.2) is 9.37 Å². The maximum atomic E-state index is 15.1. The number of phenols is 1. The van der Waals surface area contributed by atoms with Crippen molar-refractivity contribution in [2.45, 2.75) is 50.0 Å². The van der Waals surface area contributed by atoms with Gasteiger partial charge in [0.2, 0.25) is 5.13 Å². The molecule has 32 heavy (non-hydrogen) atoms. The lowest BCUT2D eigenvalue weighted by atomic mass is 9.88. The Hall–Kier alpha value is -2.92. The Morgan fingerprint density at radius 3 is 2.94 bits per heavy atom. The summed E-state index contributed by atoms with van der Waals surface area (Å²) in [7, 11) is 3.34. The van der Waals surface area contributed by atoms with Gasteiger partial charge in [0, 0.05) is 24.2 Å². The highest BCUT2D eigenvalue weighted by Crippen LogP contribution is 2.41. The van der Waals surface area contributed by atoms with Gasteiger partial charge in [0.05, 0.1) is 18.7 Å². The molecule has 1 aromatic carbocycles. The van der Waals surface area contributed by atoms with Gasteiger partial charge in [0.15, 0.2) is 10.8 Å². The lowest BCUT2D eigenvalue weighted by molar-refractivity contribution is 0.144. The maximum Gasteiger partial charge on any atom is 0.319 e. The molecule has 2 aromatic heterocycles. The number of ether oxygens (including phenoxy) is 1. The number of alkyl halides is 1. The molecule has 2 saturated heterocycles. The quantitative estimate of drug-likeness (QED) is 0.598. The molecule has 2 aliphatic heterocycles. The van der Waals surface area contributed by atoms with Crippen LogP contribution < -0.4 is 15.0 Å². The zero-order chi connectivity index (χ0) is 22.5. The van der Waals surface area contributed by atoms with E-state index in [0.29, 0.717) is 33.5 Å². The molecule has 9 nitrogen and oxygen atoms in total. The first-order chi connectivity index (χ1) is 15.4. The van der Waals surface area contributed by atoms with E-state index in [9.17, 15) is 5.11 Å². The molecule has 0 saturated carbocycles. The van der Waals surface area contributed by atoms with Crippen molar-refractivity contribution in [1.82, 2.24) is 30.5 Å². The zero-order valence-electron chi connectivity index (χ0n) is 18.0. The topological polar surface area (TPSA) is 109 Å². The first kappa shape index (κ1) is 21.0. The van der Waals surface area contributed by atoms with Gasteiger partial charge in [-0.3, -0.25) is 0 Å². The predicted octanol–water partition coefficient (Wildman–Crippen LogP) is 2.83. The molecule has 2 N–H and O–H groups in total. The number of phenolic OH excluding ortho intramolecular Hbond substituents is 1. The Kier molecular flexibility index (Phi) is 5.17. The number of nitrogens with one attached hydrogen (secondary N) is 1. The number of piperidine rings is 1. The number of hydrogen-bond donors (Lipinski definition) is 2. The monoisotopic (exact) mass is 457 g/mol. The van der Waals surface area contributed by atoms with Crippen molar-refractivity contribution in [2.75, 3.05) is 19.1 Å². The van der Waals surface area contributed by atoms with Gasteiger partial charge in [0.1, 0.15) is 18.2 Å². The Morgan fingerprint density at radius 2 is 2.16 bits per heavy atom. The lowest BCUT2D eigenvalue weighted by Crippen LogP contribution is -2.60. The highest BCUT2D eigenvalue weighted by Gasteiger charge is 2.49. The second-order valence-corrected chi connectivity index (χ2v) is 9.55. The summed E-state index contributed by atoms with van der Waals surface area (Å²) in [5, 5.41) is 23.8. The first-order valence-corrected chi connectivity index (χ1v) is 11.2. The van der Waals surface area contributed by atoms with Crippen LogP contribution >= 0.6 is 11.3 Å². The van der Waals surface area contributed by atoms with E-state index < -0.39 is 6.17 Å². The lowest BCUT2D eigenvalue weighted by Gasteiger charge is -2.42. The largest absolute Gasteiger partial charge is 0.507 e. The second kappa shape index (κ2) is 7.89. The van der Waals surface area contributed by atoms with Crippen molar-refractivity contribution >= 4 is 16.5 Å². The molecule has 0 spiro atoms. The summed E-state index contributed by atoms with van der Waals surface area (Å²) in [6.45, 7) is 2.16. The van der Waals surface area contributed by atoms with E-state index in [2.05, 4.69) is 37.4 Å². The predicted molar refractivity (Wildman–Crippen MR) is 119 cm³/mol. The molecule has 2 bridgehead atoms. The Morgan fingerprint density at radius 1 is 1.31 bits per heavy atom. The number of aromatic nitrogens is 5. The van der Waals surface area contributed by atoms with Crippen LogP contribution in [-0.2, 0) is 0 Å². The van der Waals surface area contributed by atoms with Gasteiger partial charge in [-0.2, -0.15) is 9.97 Å². The summed E-state index contributed by atoms with van der Waals surface area (Å²) in [4.78, 5) is 14.1. The first-order valence-electron chi connectivity index (χ1n) is 10.4. The number of fused-ring (bicyclic) bond motifs is 2. The molecule has 11 heteroatoms. The van der Waals surface area contributed by atoms with Crippen molar-refractivity contribution in [3.8, 4) is 33.7 Å². The fraction of sp³-hybridized carbons (Fsp3) is 0.476. The highest BCUT2D eigenvalue weighted by atomic mass is 32.1. The number of anilines is 1. The molecule has 2 fully saturated rings. The standard InChI is InChI=1S/C21H24FN7O2S/c1-21-7-6-13(26-21)16(22)14(9-21)29(2)20-28-27-18(32-20)12-5-4-11(8-15(12)30)17-23-10-24-19(25-17)31-3/h4-5,8,10,13-14,16,26,30H,6-7,9H2,1-3H3/t13?,14-,16+,21-/m0/s1. The number of rotatable bonds is 5. The summed E-state index contributed by atoms with van der Waals surface area (Å²) >= 11 is 1.33. The van der Waals surface area contributed by atoms with Gasteiger partial charge in [-0.15, -0.1) is 10.2 Å². The normalized spacial score (nSPS) is 26.8. The fourth-order valence-electron chi connectivity index (χ4n) is 4.64. The third-order valence-electron chi connectivity index (χ3n) is 6.38. The van der Waals surface area contributed by atoms with E-state index in [4.69, 9.17) is 4.74 Å². The third-order valence-corrected chi connectivity index (χ3v) is 7.43. The van der Waals surface area contributed by atoms with Crippen LogP contribution in [0.3, 0.4) is 0 Å². The number of methoxy groups -OCH3 is 1. The molecular weight excluding hydrogens is 433 g/mol. The van der Waals surface area contributed by atoms with Gasteiger partial charge in [-0.1, -0.05) is 17.4 Å². The van der Waals surface area contributed by atoms with Crippen LogP contribution in [0.15, 0.2) is 24.5 Å². The van der Waals surface area contributed by atoms with Gasteiger partial charge >= 0.3 is 6.01 Å². The Bertz CT molecular complexity index is 1140. The molecule has 0 radical (unpaired) electrons. The molecule has 0 aliphatic carbocycles. The molecule has 4 atom stereocenters. The SMILES string of the molecule is COc1ncnc(-c2ccc(-c3nnc(N(C)[C@H]4C[C@]5(C)CCC(N5)[C@H]4F)s3)c(O)c2)n1. The van der Waals surface area contributed by atoms with E-state index in [1.54, 1.807) is 18.2 Å².